The van der Waals surface area contributed by atoms with Crippen LogP contribution in [-0.2, 0) is 22.6 Å². The van der Waals surface area contributed by atoms with E-state index in [1.165, 1.54) is 11.3 Å². The number of rotatable bonds is 7. The number of hydrogen-bond acceptors (Lipinski definition) is 7. The van der Waals surface area contributed by atoms with Crippen LogP contribution in [0.4, 0.5) is 9.93 Å². The Labute approximate surface area is 172 Å². The molecule has 0 saturated carbocycles. The van der Waals surface area contributed by atoms with Crippen molar-refractivity contribution in [3.05, 3.63) is 40.9 Å². The van der Waals surface area contributed by atoms with Gasteiger partial charge in [0.05, 0.1) is 0 Å². The number of carbonyl (C=O) groups is 2. The van der Waals surface area contributed by atoms with Crippen LogP contribution in [0.5, 0.6) is 0 Å². The number of aromatic nitrogens is 2. The lowest BCUT2D eigenvalue weighted by molar-refractivity contribution is -0.118. The third-order valence-corrected chi connectivity index (χ3v) is 5.91. The topological polar surface area (TPSA) is 96.5 Å². The maximum atomic E-state index is 12.9. The first-order valence-electron chi connectivity index (χ1n) is 8.95. The van der Waals surface area contributed by atoms with Gasteiger partial charge in [-0.1, -0.05) is 41.7 Å². The van der Waals surface area contributed by atoms with E-state index in [1.807, 2.05) is 42.1 Å². The summed E-state index contributed by atoms with van der Waals surface area (Å²) >= 11 is 3.08. The van der Waals surface area contributed by atoms with Crippen molar-refractivity contribution in [2.45, 2.75) is 19.1 Å². The number of amides is 3. The summed E-state index contributed by atoms with van der Waals surface area (Å²) in [7, 11) is 1.57. The summed E-state index contributed by atoms with van der Waals surface area (Å²) in [6.45, 7) is 1.71. The fourth-order valence-electron chi connectivity index (χ4n) is 2.74. The molecule has 0 radical (unpaired) electrons. The highest BCUT2D eigenvalue weighted by Gasteiger charge is 2.26. The van der Waals surface area contributed by atoms with Gasteiger partial charge >= 0.3 is 6.03 Å². The predicted octanol–water partition coefficient (Wildman–Crippen LogP) is 1.99. The van der Waals surface area contributed by atoms with Crippen LogP contribution in [-0.4, -0.2) is 64.8 Å². The van der Waals surface area contributed by atoms with E-state index in [1.54, 1.807) is 12.0 Å². The maximum Gasteiger partial charge on any atom is 0.318 e. The fourth-order valence-corrected chi connectivity index (χ4v) is 4.36. The number of anilines is 1. The third kappa shape index (κ3) is 5.91. The number of hydrogen-bond donors (Lipinski definition) is 2. The molecule has 150 valence electrons. The molecule has 2 N–H and O–H groups in total. The molecular weight excluding hydrogens is 398 g/mol. The van der Waals surface area contributed by atoms with Crippen LogP contribution in [0.3, 0.4) is 0 Å². The van der Waals surface area contributed by atoms with Crippen LogP contribution in [0.1, 0.15) is 10.6 Å². The van der Waals surface area contributed by atoms with Crippen LogP contribution in [0.15, 0.2) is 30.3 Å². The first-order valence-corrected chi connectivity index (χ1v) is 10.9. The number of thioether (sulfide) groups is 1. The highest BCUT2D eigenvalue weighted by atomic mass is 32.2. The smallest absolute Gasteiger partial charge is 0.318 e. The van der Waals surface area contributed by atoms with Crippen molar-refractivity contribution in [2.75, 3.05) is 37.0 Å². The quantitative estimate of drug-likeness (QED) is 0.710. The number of methoxy groups -OCH3 is 1. The largest absolute Gasteiger partial charge is 0.377 e. The number of ether oxygens (including phenoxy) is 1. The summed E-state index contributed by atoms with van der Waals surface area (Å²) in [5.74, 6) is 1.51. The van der Waals surface area contributed by atoms with E-state index >= 15 is 0 Å². The molecule has 8 nitrogen and oxygen atoms in total. The van der Waals surface area contributed by atoms with Gasteiger partial charge in [0.2, 0.25) is 11.0 Å². The zero-order valence-corrected chi connectivity index (χ0v) is 17.2. The third-order valence-electron chi connectivity index (χ3n) is 4.16. The Morgan fingerprint density at radius 1 is 1.21 bits per heavy atom. The van der Waals surface area contributed by atoms with Crippen molar-refractivity contribution >= 4 is 40.2 Å². The summed E-state index contributed by atoms with van der Waals surface area (Å²) in [5, 5.41) is 14.6. The Bertz CT molecular complexity index is 781. The van der Waals surface area contributed by atoms with E-state index in [0.29, 0.717) is 36.3 Å². The second-order valence-corrected chi connectivity index (χ2v) is 8.50. The van der Waals surface area contributed by atoms with Crippen LogP contribution in [0.2, 0.25) is 0 Å². The molecule has 1 aliphatic rings. The van der Waals surface area contributed by atoms with Crippen LogP contribution >= 0.6 is 23.1 Å². The normalized spacial score (nSPS) is 15.1. The second-order valence-electron chi connectivity index (χ2n) is 6.21. The Morgan fingerprint density at radius 3 is 2.68 bits per heavy atom. The molecule has 2 heterocycles. The number of nitrogens with zero attached hydrogens (tertiary/aromatic N) is 3. The molecule has 28 heavy (non-hydrogen) atoms. The van der Waals surface area contributed by atoms with Crippen LogP contribution < -0.4 is 10.6 Å². The molecule has 1 unspecified atom stereocenters. The first kappa shape index (κ1) is 20.6. The molecule has 0 bridgehead atoms. The van der Waals surface area contributed by atoms with Gasteiger partial charge in [-0.15, -0.1) is 10.2 Å². The number of nitrogens with one attached hydrogen (secondary N) is 2. The van der Waals surface area contributed by atoms with Crippen molar-refractivity contribution < 1.29 is 14.3 Å². The van der Waals surface area contributed by atoms with E-state index in [-0.39, 0.29) is 11.9 Å². The Morgan fingerprint density at radius 2 is 1.96 bits per heavy atom. The minimum atomic E-state index is -0.709. The van der Waals surface area contributed by atoms with Crippen LogP contribution in [0, 0.1) is 0 Å². The van der Waals surface area contributed by atoms with Gasteiger partial charge in [0.25, 0.3) is 0 Å². The van der Waals surface area contributed by atoms with Gasteiger partial charge < -0.3 is 15.0 Å². The van der Waals surface area contributed by atoms with E-state index in [2.05, 4.69) is 20.8 Å². The second kappa shape index (κ2) is 10.4. The van der Waals surface area contributed by atoms with Gasteiger partial charge in [-0.3, -0.25) is 10.1 Å². The minimum absolute atomic E-state index is 0.214. The van der Waals surface area contributed by atoms with E-state index in [4.69, 9.17) is 4.74 Å². The Balaban J connectivity index is 1.68. The SMILES string of the molecule is COCc1nnc(NC(=O)C(Cc2ccccc2)NC(=O)N2CCSCC2)s1. The zero-order valence-electron chi connectivity index (χ0n) is 15.6. The highest BCUT2D eigenvalue weighted by molar-refractivity contribution is 7.99. The molecule has 1 atom stereocenters. The van der Waals surface area contributed by atoms with Crippen LogP contribution in [0.25, 0.3) is 0 Å². The van der Waals surface area contributed by atoms with Crippen molar-refractivity contribution in [2.24, 2.45) is 0 Å². The monoisotopic (exact) mass is 421 g/mol. The lowest BCUT2D eigenvalue weighted by atomic mass is 10.1. The highest BCUT2D eigenvalue weighted by Crippen LogP contribution is 2.17. The molecular formula is C18H23N5O3S2. The molecule has 1 aromatic carbocycles. The minimum Gasteiger partial charge on any atom is -0.377 e. The molecule has 1 aromatic heterocycles. The van der Waals surface area contributed by atoms with Gasteiger partial charge in [-0.2, -0.15) is 11.8 Å². The molecule has 3 rings (SSSR count). The summed E-state index contributed by atoms with van der Waals surface area (Å²) < 4.78 is 5.02. The average molecular weight is 422 g/mol. The number of benzene rings is 1. The standard InChI is InChI=1S/C18H23N5O3S2/c1-26-12-15-21-22-17(28-15)20-16(24)14(11-13-5-3-2-4-6-13)19-18(25)23-7-9-27-10-8-23/h2-6,14H,7-12H2,1H3,(H,19,25)(H,20,22,24). The van der Waals surface area contributed by atoms with Gasteiger partial charge in [0.1, 0.15) is 17.7 Å². The van der Waals surface area contributed by atoms with Crippen molar-refractivity contribution in [1.82, 2.24) is 20.4 Å². The molecule has 2 aromatic rings. The van der Waals surface area contributed by atoms with Gasteiger partial charge in [-0.05, 0) is 5.56 Å². The molecule has 10 heteroatoms. The van der Waals surface area contributed by atoms with E-state index in [9.17, 15) is 9.59 Å². The lowest BCUT2D eigenvalue weighted by Crippen LogP contribution is -2.52. The Kier molecular flexibility index (Phi) is 7.63. The first-order chi connectivity index (χ1) is 13.7. The van der Waals surface area contributed by atoms with Crippen molar-refractivity contribution in [3.8, 4) is 0 Å². The number of urea groups is 1. The molecule has 0 spiro atoms. The number of carbonyl (C=O) groups excluding carboxylic acids is 2. The molecule has 0 aliphatic carbocycles. The summed E-state index contributed by atoms with van der Waals surface area (Å²) in [6, 6.07) is 8.69. The van der Waals surface area contributed by atoms with Gasteiger partial charge in [-0.25, -0.2) is 4.79 Å². The summed E-state index contributed by atoms with van der Waals surface area (Å²) in [4.78, 5) is 27.2. The average Bonchev–Trinajstić information content (AvgIpc) is 3.16. The summed E-state index contributed by atoms with van der Waals surface area (Å²) in [5.41, 5.74) is 0.967. The predicted molar refractivity (Wildman–Crippen MR) is 111 cm³/mol. The Hall–Kier alpha value is -2.17. The summed E-state index contributed by atoms with van der Waals surface area (Å²) in [6.07, 6.45) is 0.394. The van der Waals surface area contributed by atoms with Gasteiger partial charge in [0.15, 0.2) is 0 Å². The zero-order chi connectivity index (χ0) is 19.8. The van der Waals surface area contributed by atoms with Crippen molar-refractivity contribution in [1.29, 1.82) is 0 Å². The molecule has 1 saturated heterocycles. The van der Waals surface area contributed by atoms with Gasteiger partial charge in [0, 0.05) is 38.1 Å². The molecule has 1 fully saturated rings. The fraction of sp³-hybridized carbons (Fsp3) is 0.444. The van der Waals surface area contributed by atoms with E-state index < -0.39 is 6.04 Å². The lowest BCUT2D eigenvalue weighted by Gasteiger charge is -2.28. The van der Waals surface area contributed by atoms with Crippen molar-refractivity contribution in [3.63, 3.8) is 0 Å². The molecule has 3 amide bonds. The molecule has 1 aliphatic heterocycles. The van der Waals surface area contributed by atoms with E-state index in [0.717, 1.165) is 17.1 Å². The maximum absolute atomic E-state index is 12.9.